The summed E-state index contributed by atoms with van der Waals surface area (Å²) in [5.74, 6) is 1.44. The van der Waals surface area contributed by atoms with Gasteiger partial charge in [-0.1, -0.05) is 24.3 Å². The van der Waals surface area contributed by atoms with Crippen LogP contribution in [-0.4, -0.2) is 34.7 Å². The summed E-state index contributed by atoms with van der Waals surface area (Å²) >= 11 is 0. The minimum absolute atomic E-state index is 0.0383. The van der Waals surface area contributed by atoms with Crippen LogP contribution in [0.1, 0.15) is 18.4 Å². The van der Waals surface area contributed by atoms with Crippen molar-refractivity contribution >= 4 is 40.3 Å². The number of allylic oxidation sites excluding steroid dienone is 1. The molecule has 2 heterocycles. The molecule has 0 atom stereocenters. The first-order valence-electron chi connectivity index (χ1n) is 11.2. The van der Waals surface area contributed by atoms with Crippen molar-refractivity contribution in [3.8, 4) is 17.1 Å². The van der Waals surface area contributed by atoms with Gasteiger partial charge in [-0.05, 0) is 42.7 Å². The second-order valence-corrected chi connectivity index (χ2v) is 8.16. The van der Waals surface area contributed by atoms with Crippen LogP contribution in [0.3, 0.4) is 0 Å². The number of nitrogens with zero attached hydrogens (tertiary/aromatic N) is 2. The van der Waals surface area contributed by atoms with E-state index < -0.39 is 0 Å². The lowest BCUT2D eigenvalue weighted by molar-refractivity contribution is -0.123. The highest BCUT2D eigenvalue weighted by Gasteiger charge is 2.23. The summed E-state index contributed by atoms with van der Waals surface area (Å²) in [5, 5.41) is 13.6. The van der Waals surface area contributed by atoms with Gasteiger partial charge in [0.1, 0.15) is 11.3 Å². The number of fused-ring (bicyclic) bond motifs is 1. The van der Waals surface area contributed by atoms with E-state index in [0.717, 1.165) is 29.7 Å². The Morgan fingerprint density at radius 2 is 2.00 bits per heavy atom. The molecule has 0 bridgehead atoms. The molecule has 4 aromatic rings. The van der Waals surface area contributed by atoms with Gasteiger partial charge in [0.2, 0.25) is 0 Å². The highest BCUT2D eigenvalue weighted by Crippen LogP contribution is 2.30. The van der Waals surface area contributed by atoms with Crippen molar-refractivity contribution in [3.05, 3.63) is 72.6 Å². The molecule has 1 fully saturated rings. The van der Waals surface area contributed by atoms with Crippen LogP contribution < -0.4 is 21.1 Å². The van der Waals surface area contributed by atoms with Crippen molar-refractivity contribution < 1.29 is 13.9 Å². The van der Waals surface area contributed by atoms with Crippen molar-refractivity contribution in [3.63, 3.8) is 0 Å². The number of ether oxygens (including phenoxy) is 1. The third-order valence-corrected chi connectivity index (χ3v) is 5.52. The Morgan fingerprint density at radius 3 is 2.74 bits per heavy atom. The number of furan rings is 1. The number of carbonyl (C=O) groups excluding carboxylic acids is 1. The summed E-state index contributed by atoms with van der Waals surface area (Å²) in [6.45, 7) is -0.0383. The summed E-state index contributed by atoms with van der Waals surface area (Å²) in [7, 11) is 0. The van der Waals surface area contributed by atoms with Crippen LogP contribution in [0, 0.1) is 5.41 Å². The summed E-state index contributed by atoms with van der Waals surface area (Å²) in [5.41, 5.74) is 9.76. The highest BCUT2D eigenvalue weighted by molar-refractivity contribution is 6.08. The highest BCUT2D eigenvalue weighted by atomic mass is 16.5. The lowest BCUT2D eigenvalue weighted by Crippen LogP contribution is -2.30. The van der Waals surface area contributed by atoms with E-state index in [2.05, 4.69) is 15.6 Å². The molecule has 35 heavy (non-hydrogen) atoms. The minimum Gasteiger partial charge on any atom is -0.484 e. The van der Waals surface area contributed by atoms with Crippen LogP contribution in [0.15, 0.2) is 71.5 Å². The first kappa shape index (κ1) is 22.1. The van der Waals surface area contributed by atoms with Gasteiger partial charge in [0.25, 0.3) is 5.91 Å². The quantitative estimate of drug-likeness (QED) is 0.269. The van der Waals surface area contributed by atoms with Crippen LogP contribution >= 0.6 is 0 Å². The Labute approximate surface area is 201 Å². The van der Waals surface area contributed by atoms with E-state index in [9.17, 15) is 4.79 Å². The number of amides is 1. The summed E-state index contributed by atoms with van der Waals surface area (Å²) in [4.78, 5) is 21.3. The van der Waals surface area contributed by atoms with Crippen molar-refractivity contribution in [2.75, 3.05) is 11.9 Å². The number of carbonyl (C=O) groups is 1. The normalized spacial score (nSPS) is 13.4. The van der Waals surface area contributed by atoms with E-state index >= 15 is 0 Å². The lowest BCUT2D eigenvalue weighted by Gasteiger charge is -2.10. The van der Waals surface area contributed by atoms with E-state index in [1.165, 1.54) is 12.4 Å². The van der Waals surface area contributed by atoms with E-state index in [1.807, 2.05) is 42.5 Å². The molecule has 9 heteroatoms. The van der Waals surface area contributed by atoms with Crippen LogP contribution in [0.2, 0.25) is 0 Å². The molecule has 0 aliphatic heterocycles. The Balaban J connectivity index is 1.38. The molecule has 5 rings (SSSR count). The molecule has 176 valence electrons. The Morgan fingerprint density at radius 1 is 1.17 bits per heavy atom. The molecule has 2 aromatic heterocycles. The molecule has 5 N–H and O–H groups in total. The summed E-state index contributed by atoms with van der Waals surface area (Å²) in [6.07, 6.45) is 6.24. The van der Waals surface area contributed by atoms with Crippen LogP contribution in [0.4, 0.5) is 11.5 Å². The van der Waals surface area contributed by atoms with Gasteiger partial charge in [-0.3, -0.25) is 4.79 Å². The average molecular weight is 469 g/mol. The largest absolute Gasteiger partial charge is 0.484 e. The maximum absolute atomic E-state index is 11.9. The number of rotatable bonds is 9. The zero-order valence-corrected chi connectivity index (χ0v) is 18.8. The maximum Gasteiger partial charge on any atom is 0.258 e. The van der Waals surface area contributed by atoms with Crippen LogP contribution in [0.25, 0.3) is 28.1 Å². The monoisotopic (exact) mass is 468 g/mol. The van der Waals surface area contributed by atoms with Crippen LogP contribution in [-0.2, 0) is 4.79 Å². The van der Waals surface area contributed by atoms with Crippen molar-refractivity contribution in [2.24, 2.45) is 5.73 Å². The van der Waals surface area contributed by atoms with E-state index in [1.54, 1.807) is 18.4 Å². The zero-order valence-electron chi connectivity index (χ0n) is 18.8. The Kier molecular flexibility index (Phi) is 6.13. The van der Waals surface area contributed by atoms with Gasteiger partial charge >= 0.3 is 0 Å². The molecule has 1 aliphatic rings. The number of nitrogens with two attached hydrogens (primary N) is 1. The first-order valence-corrected chi connectivity index (χ1v) is 11.2. The summed E-state index contributed by atoms with van der Waals surface area (Å²) < 4.78 is 11.3. The predicted molar refractivity (Wildman–Crippen MR) is 135 cm³/mol. The molecular weight excluding hydrogens is 444 g/mol. The molecule has 9 nitrogen and oxygen atoms in total. The fraction of sp³-hybridized carbons (Fsp3) is 0.154. The standard InChI is InChI=1S/C26H24N6O3/c27-13-18(14-28)16-4-6-20(7-5-16)30-26-24-22(10-11-34-24)31-25(32-26)17-2-1-3-21(12-17)35-15-23(33)29-19-8-9-19/h1-7,10-14,19,27H,8-9,15,28H2,(H,29,33)(H,30,31,32)/b18-14+,27-13?. The SMILES string of the molecule is N=C/C(=C\N)c1ccc(Nc2nc(-c3cccc(OCC(=O)NC4CC4)c3)nc3ccoc23)cc1. The number of hydrogen-bond acceptors (Lipinski definition) is 8. The number of nitrogens with one attached hydrogen (secondary N) is 3. The fourth-order valence-electron chi connectivity index (χ4n) is 3.56. The molecule has 2 aromatic carbocycles. The Hall–Kier alpha value is -4.66. The van der Waals surface area contributed by atoms with Gasteiger partial charge in [0.05, 0.1) is 6.26 Å². The molecule has 1 saturated carbocycles. The zero-order chi connectivity index (χ0) is 24.2. The van der Waals surface area contributed by atoms with E-state index in [0.29, 0.717) is 40.1 Å². The average Bonchev–Trinajstić information content (AvgIpc) is 3.56. The van der Waals surface area contributed by atoms with Gasteiger partial charge in [-0.25, -0.2) is 9.97 Å². The Bertz CT molecular complexity index is 1410. The van der Waals surface area contributed by atoms with E-state index in [4.69, 9.17) is 25.3 Å². The molecule has 0 unspecified atom stereocenters. The van der Waals surface area contributed by atoms with Gasteiger partial charge in [-0.2, -0.15) is 0 Å². The maximum atomic E-state index is 11.9. The number of benzene rings is 2. The van der Waals surface area contributed by atoms with E-state index in [-0.39, 0.29) is 12.5 Å². The smallest absolute Gasteiger partial charge is 0.258 e. The molecular formula is C26H24N6O3. The molecule has 0 radical (unpaired) electrons. The van der Waals surface area contributed by atoms with Gasteiger partial charge in [-0.15, -0.1) is 0 Å². The molecule has 1 amide bonds. The topological polar surface area (TPSA) is 139 Å². The third-order valence-electron chi connectivity index (χ3n) is 5.52. The second-order valence-electron chi connectivity index (χ2n) is 8.16. The molecule has 0 spiro atoms. The molecule has 0 saturated heterocycles. The number of hydrogen-bond donors (Lipinski definition) is 4. The molecule has 1 aliphatic carbocycles. The van der Waals surface area contributed by atoms with Crippen molar-refractivity contribution in [1.29, 1.82) is 5.41 Å². The van der Waals surface area contributed by atoms with Gasteiger partial charge < -0.3 is 30.9 Å². The minimum atomic E-state index is -0.124. The predicted octanol–water partition coefficient (Wildman–Crippen LogP) is 4.24. The van der Waals surface area contributed by atoms with Gasteiger partial charge in [0, 0.05) is 41.3 Å². The third kappa shape index (κ3) is 5.14. The van der Waals surface area contributed by atoms with Crippen molar-refractivity contribution in [2.45, 2.75) is 18.9 Å². The second kappa shape index (κ2) is 9.68. The van der Waals surface area contributed by atoms with Gasteiger partial charge in [0.15, 0.2) is 23.8 Å². The van der Waals surface area contributed by atoms with Crippen LogP contribution in [0.5, 0.6) is 5.75 Å². The number of anilines is 2. The summed E-state index contributed by atoms with van der Waals surface area (Å²) in [6, 6.07) is 16.9. The lowest BCUT2D eigenvalue weighted by atomic mass is 10.1. The first-order chi connectivity index (χ1) is 17.1. The number of aromatic nitrogens is 2. The fourth-order valence-corrected chi connectivity index (χ4v) is 3.56. The van der Waals surface area contributed by atoms with Crippen molar-refractivity contribution in [1.82, 2.24) is 15.3 Å².